The number of carboxylic acid groups (broad SMARTS) is 1. The van der Waals surface area contributed by atoms with Gasteiger partial charge < -0.3 is 9.84 Å². The van der Waals surface area contributed by atoms with Gasteiger partial charge in [-0.1, -0.05) is 23.8 Å². The number of rotatable bonds is 3. The van der Waals surface area contributed by atoms with Gasteiger partial charge in [0, 0.05) is 5.92 Å². The van der Waals surface area contributed by atoms with Gasteiger partial charge in [-0.15, -0.1) is 0 Å². The van der Waals surface area contributed by atoms with E-state index < -0.39 is 29.1 Å². The molecule has 1 aromatic rings. The molecule has 0 fully saturated rings. The predicted molar refractivity (Wildman–Crippen MR) is 74.2 cm³/mol. The number of aliphatic carboxylic acids is 1. The normalized spacial score (nSPS) is 25.1. The van der Waals surface area contributed by atoms with Crippen molar-refractivity contribution < 1.29 is 23.8 Å². The highest BCUT2D eigenvalue weighted by Gasteiger charge is 2.54. The molecular formula is C16H17FO4. The number of esters is 1. The Balaban J connectivity index is 2.56. The number of halogens is 1. The highest BCUT2D eigenvalue weighted by molar-refractivity contribution is 6.01. The molecular weight excluding hydrogens is 275 g/mol. The molecule has 2 atom stereocenters. The van der Waals surface area contributed by atoms with E-state index >= 15 is 0 Å². The van der Waals surface area contributed by atoms with E-state index in [0.29, 0.717) is 12.0 Å². The molecule has 1 aliphatic carbocycles. The highest BCUT2D eigenvalue weighted by Crippen LogP contribution is 2.48. The fourth-order valence-electron chi connectivity index (χ4n) is 2.89. The van der Waals surface area contributed by atoms with Gasteiger partial charge in [0.15, 0.2) is 5.41 Å². The smallest absolute Gasteiger partial charge is 0.324 e. The zero-order valence-electron chi connectivity index (χ0n) is 11.9. The van der Waals surface area contributed by atoms with Crippen LogP contribution >= 0.6 is 0 Å². The Morgan fingerprint density at radius 3 is 2.48 bits per heavy atom. The molecule has 1 aliphatic rings. The topological polar surface area (TPSA) is 63.6 Å². The third-order valence-corrected chi connectivity index (χ3v) is 4.10. The van der Waals surface area contributed by atoms with E-state index in [2.05, 4.69) is 0 Å². The second kappa shape index (κ2) is 5.68. The quantitative estimate of drug-likeness (QED) is 0.528. The van der Waals surface area contributed by atoms with Crippen LogP contribution in [0.2, 0.25) is 0 Å². The number of carbonyl (C=O) groups excluding carboxylic acids is 1. The van der Waals surface area contributed by atoms with Crippen molar-refractivity contribution in [2.24, 2.45) is 5.41 Å². The van der Waals surface area contributed by atoms with Crippen LogP contribution in [0.4, 0.5) is 4.39 Å². The molecule has 112 valence electrons. The Kier molecular flexibility index (Phi) is 4.11. The Bertz CT molecular complexity index is 591. The van der Waals surface area contributed by atoms with Gasteiger partial charge in [-0.2, -0.15) is 0 Å². The van der Waals surface area contributed by atoms with E-state index in [1.54, 1.807) is 6.08 Å². The summed E-state index contributed by atoms with van der Waals surface area (Å²) in [6.45, 7) is 1.89. The van der Waals surface area contributed by atoms with E-state index in [0.717, 1.165) is 5.57 Å². The first kappa shape index (κ1) is 15.2. The molecule has 0 spiro atoms. The number of carboxylic acids is 1. The van der Waals surface area contributed by atoms with Gasteiger partial charge in [-0.05, 0) is 37.5 Å². The van der Waals surface area contributed by atoms with Crippen LogP contribution in [0.3, 0.4) is 0 Å². The largest absolute Gasteiger partial charge is 0.480 e. The number of hydrogen-bond donors (Lipinski definition) is 1. The van der Waals surface area contributed by atoms with Crippen molar-refractivity contribution in [2.75, 3.05) is 7.11 Å². The van der Waals surface area contributed by atoms with Crippen LogP contribution in [0.1, 0.15) is 31.2 Å². The van der Waals surface area contributed by atoms with Crippen LogP contribution < -0.4 is 0 Å². The minimum atomic E-state index is -1.66. The van der Waals surface area contributed by atoms with Crippen molar-refractivity contribution in [3.8, 4) is 0 Å². The first-order valence-corrected chi connectivity index (χ1v) is 6.64. The Labute approximate surface area is 122 Å². The summed E-state index contributed by atoms with van der Waals surface area (Å²) in [5, 5.41) is 9.66. The van der Waals surface area contributed by atoms with Gasteiger partial charge in [0.25, 0.3) is 0 Å². The molecule has 4 nitrogen and oxygen atoms in total. The second-order valence-electron chi connectivity index (χ2n) is 5.33. The molecule has 0 saturated heterocycles. The molecule has 0 radical (unpaired) electrons. The van der Waals surface area contributed by atoms with Crippen molar-refractivity contribution in [2.45, 2.75) is 25.7 Å². The van der Waals surface area contributed by atoms with Crippen LogP contribution in [0.5, 0.6) is 0 Å². The van der Waals surface area contributed by atoms with Gasteiger partial charge >= 0.3 is 11.9 Å². The van der Waals surface area contributed by atoms with Gasteiger partial charge in [0.1, 0.15) is 5.82 Å². The summed E-state index contributed by atoms with van der Waals surface area (Å²) in [5.74, 6) is -2.96. The second-order valence-corrected chi connectivity index (χ2v) is 5.33. The fraction of sp³-hybridized carbons (Fsp3) is 0.375. The monoisotopic (exact) mass is 292 g/mol. The number of benzene rings is 1. The molecule has 0 heterocycles. The third-order valence-electron chi connectivity index (χ3n) is 4.10. The molecule has 2 rings (SSSR count). The SMILES string of the molecule is COC(=O)[C@]1(C(=O)O)CC=C(C)C[C@H]1c1ccc(F)cc1. The van der Waals surface area contributed by atoms with Crippen molar-refractivity contribution in [1.82, 2.24) is 0 Å². The van der Waals surface area contributed by atoms with Crippen molar-refractivity contribution in [3.63, 3.8) is 0 Å². The van der Waals surface area contributed by atoms with Gasteiger partial charge in [-0.3, -0.25) is 9.59 Å². The lowest BCUT2D eigenvalue weighted by Crippen LogP contribution is -2.46. The number of carbonyl (C=O) groups is 2. The predicted octanol–water partition coefficient (Wildman–Crippen LogP) is 2.89. The average molecular weight is 292 g/mol. The summed E-state index contributed by atoms with van der Waals surface area (Å²) in [6.07, 6.45) is 2.25. The number of allylic oxidation sites excluding steroid dienone is 2. The summed E-state index contributed by atoms with van der Waals surface area (Å²) in [5.41, 5.74) is -0.0340. The van der Waals surface area contributed by atoms with Crippen LogP contribution in [0, 0.1) is 11.2 Å². The lowest BCUT2D eigenvalue weighted by Gasteiger charge is -2.37. The molecule has 0 aliphatic heterocycles. The maximum Gasteiger partial charge on any atom is 0.324 e. The number of ether oxygens (including phenoxy) is 1. The first-order chi connectivity index (χ1) is 9.91. The summed E-state index contributed by atoms with van der Waals surface area (Å²) >= 11 is 0. The molecule has 0 bridgehead atoms. The average Bonchev–Trinajstić information content (AvgIpc) is 2.47. The Morgan fingerprint density at radius 2 is 1.95 bits per heavy atom. The molecule has 0 aromatic heterocycles. The zero-order valence-corrected chi connectivity index (χ0v) is 11.9. The summed E-state index contributed by atoms with van der Waals surface area (Å²) in [4.78, 5) is 24.0. The molecule has 21 heavy (non-hydrogen) atoms. The maximum atomic E-state index is 13.1. The van der Waals surface area contributed by atoms with Crippen molar-refractivity contribution in [1.29, 1.82) is 0 Å². The Hall–Kier alpha value is -2.17. The Morgan fingerprint density at radius 1 is 1.33 bits per heavy atom. The van der Waals surface area contributed by atoms with E-state index in [1.165, 1.54) is 31.4 Å². The van der Waals surface area contributed by atoms with E-state index in [9.17, 15) is 19.1 Å². The summed E-state index contributed by atoms with van der Waals surface area (Å²) in [6, 6.07) is 5.60. The van der Waals surface area contributed by atoms with Gasteiger partial charge in [0.2, 0.25) is 0 Å². The number of methoxy groups -OCH3 is 1. The molecule has 5 heteroatoms. The fourth-order valence-corrected chi connectivity index (χ4v) is 2.89. The minimum absolute atomic E-state index is 0.0723. The van der Waals surface area contributed by atoms with Crippen LogP contribution in [-0.4, -0.2) is 24.2 Å². The van der Waals surface area contributed by atoms with Crippen LogP contribution in [0.25, 0.3) is 0 Å². The van der Waals surface area contributed by atoms with E-state index in [-0.39, 0.29) is 6.42 Å². The first-order valence-electron chi connectivity index (χ1n) is 6.64. The van der Waals surface area contributed by atoms with Crippen LogP contribution in [-0.2, 0) is 14.3 Å². The highest BCUT2D eigenvalue weighted by atomic mass is 19.1. The summed E-state index contributed by atoms with van der Waals surface area (Å²) in [7, 11) is 1.18. The molecule has 0 unspecified atom stereocenters. The summed E-state index contributed by atoms with van der Waals surface area (Å²) < 4.78 is 17.8. The molecule has 0 saturated carbocycles. The lowest BCUT2D eigenvalue weighted by atomic mass is 9.64. The van der Waals surface area contributed by atoms with Gasteiger partial charge in [0.05, 0.1) is 7.11 Å². The van der Waals surface area contributed by atoms with Crippen molar-refractivity contribution >= 4 is 11.9 Å². The minimum Gasteiger partial charge on any atom is -0.480 e. The third kappa shape index (κ3) is 2.55. The molecule has 1 aromatic carbocycles. The molecule has 0 amide bonds. The molecule has 1 N–H and O–H groups in total. The number of hydrogen-bond acceptors (Lipinski definition) is 3. The lowest BCUT2D eigenvalue weighted by molar-refractivity contribution is -0.169. The van der Waals surface area contributed by atoms with E-state index in [1.807, 2.05) is 6.92 Å². The zero-order chi connectivity index (χ0) is 15.6. The van der Waals surface area contributed by atoms with Crippen LogP contribution in [0.15, 0.2) is 35.9 Å². The van der Waals surface area contributed by atoms with E-state index in [4.69, 9.17) is 4.74 Å². The van der Waals surface area contributed by atoms with Crippen molar-refractivity contribution in [3.05, 3.63) is 47.3 Å². The standard InChI is InChI=1S/C16H17FO4/c1-10-7-8-16(14(18)19,15(20)21-2)13(9-10)11-3-5-12(17)6-4-11/h3-7,13H,8-9H2,1-2H3,(H,18,19)/t13-,16+/m0/s1. The maximum absolute atomic E-state index is 13.1. The van der Waals surface area contributed by atoms with Gasteiger partial charge in [-0.25, -0.2) is 4.39 Å².